The first-order valence-corrected chi connectivity index (χ1v) is 11.8. The minimum absolute atomic E-state index is 0.102. The van der Waals surface area contributed by atoms with Crippen molar-refractivity contribution in [3.63, 3.8) is 0 Å². The molecule has 3 N–H and O–H groups in total. The van der Waals surface area contributed by atoms with Crippen molar-refractivity contribution in [3.8, 4) is 5.88 Å². The van der Waals surface area contributed by atoms with Crippen LogP contribution in [0, 0.1) is 6.92 Å². The van der Waals surface area contributed by atoms with Gasteiger partial charge in [0.1, 0.15) is 6.04 Å². The molecule has 2 aromatic heterocycles. The summed E-state index contributed by atoms with van der Waals surface area (Å²) in [4.78, 5) is 20.5. The second kappa shape index (κ2) is 9.43. The SMILES string of the molecule is COc1ccc(NC(=O)[C@H](Cc2c[nH]c3ccccc23)NS(=O)(=O)c2cccc(C)c2)cn1. The van der Waals surface area contributed by atoms with E-state index >= 15 is 0 Å². The highest BCUT2D eigenvalue weighted by molar-refractivity contribution is 7.89. The van der Waals surface area contributed by atoms with Gasteiger partial charge in [0.15, 0.2) is 0 Å². The van der Waals surface area contributed by atoms with E-state index in [0.29, 0.717) is 11.6 Å². The number of para-hydroxylation sites is 1. The van der Waals surface area contributed by atoms with E-state index in [4.69, 9.17) is 4.74 Å². The van der Waals surface area contributed by atoms with Crippen LogP contribution in [0.15, 0.2) is 78.0 Å². The van der Waals surface area contributed by atoms with Gasteiger partial charge in [0, 0.05) is 23.2 Å². The van der Waals surface area contributed by atoms with Gasteiger partial charge in [-0.05, 0) is 48.7 Å². The summed E-state index contributed by atoms with van der Waals surface area (Å²) in [6, 6.07) is 16.4. The summed E-state index contributed by atoms with van der Waals surface area (Å²) in [5.41, 5.74) is 2.97. The molecule has 0 aliphatic heterocycles. The van der Waals surface area contributed by atoms with Crippen LogP contribution in [0.25, 0.3) is 10.9 Å². The monoisotopic (exact) mass is 464 g/mol. The molecule has 1 amide bonds. The van der Waals surface area contributed by atoms with E-state index in [0.717, 1.165) is 22.0 Å². The molecule has 0 unspecified atom stereocenters. The summed E-state index contributed by atoms with van der Waals surface area (Å²) in [7, 11) is -2.45. The van der Waals surface area contributed by atoms with Crippen LogP contribution in [-0.2, 0) is 21.2 Å². The summed E-state index contributed by atoms with van der Waals surface area (Å²) in [5, 5.41) is 3.67. The second-order valence-corrected chi connectivity index (χ2v) is 9.35. The van der Waals surface area contributed by atoms with E-state index in [2.05, 4.69) is 20.0 Å². The number of aromatic amines is 1. The van der Waals surface area contributed by atoms with Crippen LogP contribution in [-0.4, -0.2) is 37.4 Å². The standard InChI is InChI=1S/C24H24N4O4S/c1-16-6-5-7-19(12-16)33(30,31)28-22(13-17-14-25-21-9-4-3-8-20(17)21)24(29)27-18-10-11-23(32-2)26-15-18/h3-12,14-15,22,25,28H,13H2,1-2H3,(H,27,29)/t22-/m0/s1. The second-order valence-electron chi connectivity index (χ2n) is 7.63. The molecule has 4 rings (SSSR count). The fourth-order valence-corrected chi connectivity index (χ4v) is 4.85. The average Bonchev–Trinajstić information content (AvgIpc) is 3.22. The molecule has 8 nitrogen and oxygen atoms in total. The Morgan fingerprint density at radius 2 is 1.94 bits per heavy atom. The highest BCUT2D eigenvalue weighted by Crippen LogP contribution is 2.21. The number of hydrogen-bond donors (Lipinski definition) is 3. The lowest BCUT2D eigenvalue weighted by atomic mass is 10.1. The zero-order chi connectivity index (χ0) is 23.4. The molecule has 0 aliphatic carbocycles. The van der Waals surface area contributed by atoms with Gasteiger partial charge in [-0.2, -0.15) is 4.72 Å². The van der Waals surface area contributed by atoms with Gasteiger partial charge in [-0.1, -0.05) is 30.3 Å². The first-order chi connectivity index (χ1) is 15.9. The van der Waals surface area contributed by atoms with Crippen molar-refractivity contribution >= 4 is 32.5 Å². The van der Waals surface area contributed by atoms with Gasteiger partial charge >= 0.3 is 0 Å². The van der Waals surface area contributed by atoms with E-state index in [1.165, 1.54) is 19.4 Å². The molecule has 0 saturated carbocycles. The summed E-state index contributed by atoms with van der Waals surface area (Å²) >= 11 is 0. The number of pyridine rings is 1. The van der Waals surface area contributed by atoms with Crippen LogP contribution in [0.5, 0.6) is 5.88 Å². The molecule has 0 radical (unpaired) electrons. The van der Waals surface area contributed by atoms with Gasteiger partial charge < -0.3 is 15.0 Å². The maximum atomic E-state index is 13.2. The van der Waals surface area contributed by atoms with Crippen LogP contribution < -0.4 is 14.8 Å². The number of amides is 1. The number of nitrogens with zero attached hydrogens (tertiary/aromatic N) is 1. The van der Waals surface area contributed by atoms with Crippen molar-refractivity contribution in [1.29, 1.82) is 0 Å². The van der Waals surface area contributed by atoms with Crippen LogP contribution in [0.3, 0.4) is 0 Å². The lowest BCUT2D eigenvalue weighted by Gasteiger charge is -2.19. The fourth-order valence-electron chi connectivity index (χ4n) is 3.55. The van der Waals surface area contributed by atoms with Gasteiger partial charge in [0.25, 0.3) is 0 Å². The first kappa shape index (κ1) is 22.5. The fraction of sp³-hybridized carbons (Fsp3) is 0.167. The number of aryl methyl sites for hydroxylation is 1. The largest absolute Gasteiger partial charge is 0.481 e. The third-order valence-electron chi connectivity index (χ3n) is 5.23. The normalized spacial score (nSPS) is 12.4. The molecule has 1 atom stereocenters. The Kier molecular flexibility index (Phi) is 6.43. The molecular weight excluding hydrogens is 440 g/mol. The third-order valence-corrected chi connectivity index (χ3v) is 6.70. The number of nitrogens with one attached hydrogen (secondary N) is 3. The number of fused-ring (bicyclic) bond motifs is 1. The Hall–Kier alpha value is -3.69. The van der Waals surface area contributed by atoms with Gasteiger partial charge in [-0.15, -0.1) is 0 Å². The van der Waals surface area contributed by atoms with Gasteiger partial charge in [-0.3, -0.25) is 4.79 Å². The maximum Gasteiger partial charge on any atom is 0.242 e. The summed E-state index contributed by atoms with van der Waals surface area (Å²) in [6.45, 7) is 1.81. The van der Waals surface area contributed by atoms with Crippen molar-refractivity contribution < 1.29 is 17.9 Å². The zero-order valence-electron chi connectivity index (χ0n) is 18.2. The minimum Gasteiger partial charge on any atom is -0.481 e. The van der Waals surface area contributed by atoms with Crippen LogP contribution in [0.1, 0.15) is 11.1 Å². The number of rotatable bonds is 8. The minimum atomic E-state index is -3.94. The Morgan fingerprint density at radius 3 is 2.67 bits per heavy atom. The molecule has 0 bridgehead atoms. The smallest absolute Gasteiger partial charge is 0.242 e. The molecule has 0 aliphatic rings. The molecule has 2 heterocycles. The Morgan fingerprint density at radius 1 is 1.12 bits per heavy atom. The number of sulfonamides is 1. The first-order valence-electron chi connectivity index (χ1n) is 10.3. The van der Waals surface area contributed by atoms with Crippen LogP contribution >= 0.6 is 0 Å². The zero-order valence-corrected chi connectivity index (χ0v) is 19.0. The number of anilines is 1. The molecule has 9 heteroatoms. The number of benzene rings is 2. The lowest BCUT2D eigenvalue weighted by molar-refractivity contribution is -0.117. The molecule has 0 saturated heterocycles. The summed E-state index contributed by atoms with van der Waals surface area (Å²) in [5.74, 6) is -0.0908. The number of ether oxygens (including phenoxy) is 1. The highest BCUT2D eigenvalue weighted by atomic mass is 32.2. The molecule has 4 aromatic rings. The molecule has 2 aromatic carbocycles. The van der Waals surface area contributed by atoms with E-state index in [9.17, 15) is 13.2 Å². The van der Waals surface area contributed by atoms with Gasteiger partial charge in [0.05, 0.1) is 23.9 Å². The molecule has 33 heavy (non-hydrogen) atoms. The number of carbonyl (C=O) groups is 1. The Balaban J connectivity index is 1.64. The van der Waals surface area contributed by atoms with Crippen molar-refractivity contribution in [2.75, 3.05) is 12.4 Å². The molecule has 0 fully saturated rings. The maximum absolute atomic E-state index is 13.2. The van der Waals surface area contributed by atoms with Crippen LogP contribution in [0.2, 0.25) is 0 Å². The van der Waals surface area contributed by atoms with Crippen molar-refractivity contribution in [2.45, 2.75) is 24.3 Å². The molecule has 170 valence electrons. The topological polar surface area (TPSA) is 113 Å². The van der Waals surface area contributed by atoms with Gasteiger partial charge in [0.2, 0.25) is 21.8 Å². The van der Waals surface area contributed by atoms with Crippen molar-refractivity contribution in [3.05, 3.63) is 84.2 Å². The van der Waals surface area contributed by atoms with Crippen molar-refractivity contribution in [1.82, 2.24) is 14.7 Å². The van der Waals surface area contributed by atoms with Crippen LogP contribution in [0.4, 0.5) is 5.69 Å². The quantitative estimate of drug-likeness (QED) is 0.370. The third kappa shape index (κ3) is 5.21. The summed E-state index contributed by atoms with van der Waals surface area (Å²) in [6.07, 6.45) is 3.40. The van der Waals surface area contributed by atoms with Crippen molar-refractivity contribution in [2.24, 2.45) is 0 Å². The van der Waals surface area contributed by atoms with E-state index in [1.807, 2.05) is 37.3 Å². The summed E-state index contributed by atoms with van der Waals surface area (Å²) < 4.78 is 33.8. The Bertz CT molecular complexity index is 1380. The predicted molar refractivity (Wildman–Crippen MR) is 127 cm³/mol. The number of hydrogen-bond acceptors (Lipinski definition) is 5. The predicted octanol–water partition coefficient (Wildman–Crippen LogP) is 3.41. The average molecular weight is 465 g/mol. The van der Waals surface area contributed by atoms with E-state index in [-0.39, 0.29) is 11.3 Å². The van der Waals surface area contributed by atoms with E-state index in [1.54, 1.807) is 30.5 Å². The molecule has 0 spiro atoms. The highest BCUT2D eigenvalue weighted by Gasteiger charge is 2.27. The Labute approximate surface area is 192 Å². The number of aromatic nitrogens is 2. The van der Waals surface area contributed by atoms with Gasteiger partial charge in [-0.25, -0.2) is 13.4 Å². The number of methoxy groups -OCH3 is 1. The number of carbonyl (C=O) groups excluding carboxylic acids is 1. The van der Waals surface area contributed by atoms with E-state index < -0.39 is 22.0 Å². The number of H-pyrrole nitrogens is 1. The lowest BCUT2D eigenvalue weighted by Crippen LogP contribution is -2.45. The molecular formula is C24H24N4O4S.